The summed E-state index contributed by atoms with van der Waals surface area (Å²) in [6.07, 6.45) is 3.62. The molecule has 1 heterocycles. The van der Waals surface area contributed by atoms with Gasteiger partial charge in [-0.25, -0.2) is 0 Å². The summed E-state index contributed by atoms with van der Waals surface area (Å²) in [5.74, 6) is 0. The smallest absolute Gasteiger partial charge is 0.0812 e. The number of aliphatic hydroxyl groups excluding tert-OH is 1. The maximum Gasteiger partial charge on any atom is 0.0812 e. The van der Waals surface area contributed by atoms with Crippen molar-refractivity contribution in [2.45, 2.75) is 46.6 Å². The van der Waals surface area contributed by atoms with Crippen LogP contribution in [0.1, 0.15) is 48.8 Å². The minimum atomic E-state index is -0.332. The average Bonchev–Trinajstić information content (AvgIpc) is 2.75. The molecule has 0 saturated heterocycles. The summed E-state index contributed by atoms with van der Waals surface area (Å²) >= 11 is 0. The molecule has 0 fully saturated rings. The first-order valence-corrected chi connectivity index (χ1v) is 7.33. The summed E-state index contributed by atoms with van der Waals surface area (Å²) in [5.41, 5.74) is 6.33. The molecule has 3 rings (SSSR count). The Morgan fingerprint density at radius 1 is 1.15 bits per heavy atom. The van der Waals surface area contributed by atoms with Crippen LogP contribution in [-0.2, 0) is 6.42 Å². The second-order valence-corrected chi connectivity index (χ2v) is 6.92. The number of benzene rings is 1. The molecule has 0 spiro atoms. The maximum absolute atomic E-state index is 10.3. The van der Waals surface area contributed by atoms with Gasteiger partial charge in [0.15, 0.2) is 0 Å². The molecule has 0 amide bonds. The van der Waals surface area contributed by atoms with Crippen molar-refractivity contribution >= 4 is 0 Å². The minimum absolute atomic E-state index is 0.155. The van der Waals surface area contributed by atoms with Crippen LogP contribution in [0.15, 0.2) is 30.5 Å². The largest absolute Gasteiger partial charge is 0.388 e. The molecule has 0 radical (unpaired) electrons. The van der Waals surface area contributed by atoms with Gasteiger partial charge in [-0.15, -0.1) is 0 Å². The number of fused-ring (bicyclic) bond motifs is 1. The van der Waals surface area contributed by atoms with Gasteiger partial charge in [0.2, 0.25) is 0 Å². The highest BCUT2D eigenvalue weighted by Crippen LogP contribution is 2.41. The van der Waals surface area contributed by atoms with Crippen LogP contribution >= 0.6 is 0 Å². The van der Waals surface area contributed by atoms with Crippen LogP contribution in [0.25, 0.3) is 5.69 Å². The molecule has 1 N–H and O–H groups in total. The molecule has 1 aromatic carbocycles. The van der Waals surface area contributed by atoms with E-state index >= 15 is 0 Å². The molecule has 1 unspecified atom stereocenters. The molecule has 1 aromatic heterocycles. The van der Waals surface area contributed by atoms with Gasteiger partial charge in [0.25, 0.3) is 0 Å². The van der Waals surface area contributed by atoms with E-state index in [1.807, 2.05) is 0 Å². The van der Waals surface area contributed by atoms with Crippen LogP contribution < -0.4 is 0 Å². The lowest BCUT2D eigenvalue weighted by Crippen LogP contribution is -2.26. The SMILES string of the molecule is Cc1ccc(-n2ccc3c2CC(C)(C)CC3O)cc1C. The predicted molar refractivity (Wildman–Crippen MR) is 82.3 cm³/mol. The number of rotatable bonds is 1. The number of aromatic nitrogens is 1. The normalized spacial score (nSPS) is 20.8. The monoisotopic (exact) mass is 269 g/mol. The zero-order valence-corrected chi connectivity index (χ0v) is 12.8. The van der Waals surface area contributed by atoms with Crippen molar-refractivity contribution in [3.05, 3.63) is 52.8 Å². The Hall–Kier alpha value is -1.54. The maximum atomic E-state index is 10.3. The third-order valence-corrected chi connectivity index (χ3v) is 4.55. The van der Waals surface area contributed by atoms with Gasteiger partial charge >= 0.3 is 0 Å². The molecule has 0 bridgehead atoms. The standard InChI is InChI=1S/C18H23NO/c1-12-5-6-14(9-13(12)2)19-8-7-15-16(19)10-18(3,4)11-17(15)20/h5-9,17,20H,10-11H2,1-4H3. The van der Waals surface area contributed by atoms with Crippen molar-refractivity contribution in [3.63, 3.8) is 0 Å². The molecular weight excluding hydrogens is 246 g/mol. The van der Waals surface area contributed by atoms with Crippen molar-refractivity contribution in [2.24, 2.45) is 5.41 Å². The van der Waals surface area contributed by atoms with Crippen LogP contribution in [0.3, 0.4) is 0 Å². The van der Waals surface area contributed by atoms with Crippen molar-refractivity contribution in [1.29, 1.82) is 0 Å². The fourth-order valence-corrected chi connectivity index (χ4v) is 3.25. The first-order valence-electron chi connectivity index (χ1n) is 7.33. The Morgan fingerprint density at radius 3 is 2.60 bits per heavy atom. The highest BCUT2D eigenvalue weighted by Gasteiger charge is 2.33. The van der Waals surface area contributed by atoms with Gasteiger partial charge < -0.3 is 9.67 Å². The van der Waals surface area contributed by atoms with Gasteiger partial charge in [-0.3, -0.25) is 0 Å². The van der Waals surface area contributed by atoms with Crippen molar-refractivity contribution in [1.82, 2.24) is 4.57 Å². The van der Waals surface area contributed by atoms with E-state index in [0.717, 1.165) is 18.4 Å². The zero-order chi connectivity index (χ0) is 14.5. The third-order valence-electron chi connectivity index (χ3n) is 4.55. The van der Waals surface area contributed by atoms with Crippen molar-refractivity contribution in [3.8, 4) is 5.69 Å². The lowest BCUT2D eigenvalue weighted by atomic mass is 9.75. The van der Waals surface area contributed by atoms with Gasteiger partial charge in [0.05, 0.1) is 6.10 Å². The van der Waals surface area contributed by atoms with E-state index in [4.69, 9.17) is 0 Å². The fraction of sp³-hybridized carbons (Fsp3) is 0.444. The van der Waals surface area contributed by atoms with E-state index in [2.05, 4.69) is 62.7 Å². The highest BCUT2D eigenvalue weighted by molar-refractivity contribution is 5.44. The Bertz CT molecular complexity index is 651. The third kappa shape index (κ3) is 2.18. The molecule has 2 nitrogen and oxygen atoms in total. The molecule has 1 atom stereocenters. The number of aliphatic hydroxyl groups is 1. The van der Waals surface area contributed by atoms with Gasteiger partial charge in [0, 0.05) is 23.1 Å². The summed E-state index contributed by atoms with van der Waals surface area (Å²) in [4.78, 5) is 0. The summed E-state index contributed by atoms with van der Waals surface area (Å²) in [6.45, 7) is 8.75. The molecule has 20 heavy (non-hydrogen) atoms. The number of hydrogen-bond acceptors (Lipinski definition) is 1. The van der Waals surface area contributed by atoms with E-state index in [1.165, 1.54) is 22.5 Å². The molecule has 2 aromatic rings. The second kappa shape index (κ2) is 4.49. The molecule has 2 heteroatoms. The Balaban J connectivity index is 2.10. The van der Waals surface area contributed by atoms with Crippen LogP contribution in [0.5, 0.6) is 0 Å². The van der Waals surface area contributed by atoms with E-state index in [0.29, 0.717) is 0 Å². The molecule has 106 valence electrons. The first-order chi connectivity index (χ1) is 9.37. The summed E-state index contributed by atoms with van der Waals surface area (Å²) < 4.78 is 2.24. The van der Waals surface area contributed by atoms with Gasteiger partial charge in [-0.05, 0) is 61.4 Å². The van der Waals surface area contributed by atoms with E-state index in [9.17, 15) is 5.11 Å². The average molecular weight is 269 g/mol. The molecule has 1 aliphatic rings. The molecule has 0 aliphatic heterocycles. The lowest BCUT2D eigenvalue weighted by molar-refractivity contribution is 0.0987. The number of nitrogens with zero attached hydrogens (tertiary/aromatic N) is 1. The molecule has 1 aliphatic carbocycles. The highest BCUT2D eigenvalue weighted by atomic mass is 16.3. The Morgan fingerprint density at radius 2 is 1.90 bits per heavy atom. The van der Waals surface area contributed by atoms with E-state index < -0.39 is 0 Å². The number of aryl methyl sites for hydroxylation is 2. The predicted octanol–water partition coefficient (Wildman–Crippen LogP) is 4.10. The van der Waals surface area contributed by atoms with Crippen molar-refractivity contribution in [2.75, 3.05) is 0 Å². The van der Waals surface area contributed by atoms with Crippen LogP contribution in [-0.4, -0.2) is 9.67 Å². The lowest BCUT2D eigenvalue weighted by Gasteiger charge is -2.34. The van der Waals surface area contributed by atoms with Gasteiger partial charge in [0.1, 0.15) is 0 Å². The summed E-state index contributed by atoms with van der Waals surface area (Å²) in [6, 6.07) is 8.63. The zero-order valence-electron chi connectivity index (χ0n) is 12.8. The molecular formula is C18H23NO. The summed E-state index contributed by atoms with van der Waals surface area (Å²) in [7, 11) is 0. The van der Waals surface area contributed by atoms with Gasteiger partial charge in [-0.2, -0.15) is 0 Å². The van der Waals surface area contributed by atoms with Gasteiger partial charge in [-0.1, -0.05) is 19.9 Å². The second-order valence-electron chi connectivity index (χ2n) is 6.92. The fourth-order valence-electron chi connectivity index (χ4n) is 3.25. The first kappa shape index (κ1) is 13.4. The Kier molecular flexibility index (Phi) is 3.02. The topological polar surface area (TPSA) is 25.2 Å². The van der Waals surface area contributed by atoms with E-state index in [1.54, 1.807) is 0 Å². The minimum Gasteiger partial charge on any atom is -0.388 e. The van der Waals surface area contributed by atoms with Crippen LogP contribution in [0.2, 0.25) is 0 Å². The Labute approximate surface area is 121 Å². The van der Waals surface area contributed by atoms with Crippen molar-refractivity contribution < 1.29 is 5.11 Å². The number of hydrogen-bond donors (Lipinski definition) is 1. The van der Waals surface area contributed by atoms with E-state index in [-0.39, 0.29) is 11.5 Å². The van der Waals surface area contributed by atoms with Crippen LogP contribution in [0, 0.1) is 19.3 Å². The summed E-state index contributed by atoms with van der Waals surface area (Å²) in [5, 5.41) is 10.3. The molecule has 0 saturated carbocycles. The van der Waals surface area contributed by atoms with Crippen LogP contribution in [0.4, 0.5) is 0 Å². The quantitative estimate of drug-likeness (QED) is 0.828.